The summed E-state index contributed by atoms with van der Waals surface area (Å²) >= 11 is 0. The standard InChI is InChI=1S/C16H17O6P.C4H10/c17-15(18)8-11(9-16(19)20)10-23(21,22)14-7-3-5-12-4-1-2-6-13(12)14;1-3-4-2/h1-7,11H,8-10H2,(H,17,18)(H,19,20)(H,21,22);3-4H2,1-2H3. The van der Waals surface area contributed by atoms with E-state index in [-0.39, 0.29) is 11.5 Å². The van der Waals surface area contributed by atoms with Crippen molar-refractivity contribution < 1.29 is 29.3 Å². The first-order valence-electron chi connectivity index (χ1n) is 8.95. The molecule has 0 saturated heterocycles. The summed E-state index contributed by atoms with van der Waals surface area (Å²) in [5.41, 5.74) is 0. The summed E-state index contributed by atoms with van der Waals surface area (Å²) < 4.78 is 12.8. The molecule has 0 saturated carbocycles. The van der Waals surface area contributed by atoms with Gasteiger partial charge in [-0.3, -0.25) is 14.2 Å². The van der Waals surface area contributed by atoms with E-state index in [9.17, 15) is 19.0 Å². The average molecular weight is 394 g/mol. The highest BCUT2D eigenvalue weighted by Crippen LogP contribution is 2.44. The Bertz CT molecular complexity index is 794. The minimum Gasteiger partial charge on any atom is -0.481 e. The van der Waals surface area contributed by atoms with Gasteiger partial charge in [-0.1, -0.05) is 63.1 Å². The van der Waals surface area contributed by atoms with Gasteiger partial charge in [0.05, 0.1) is 0 Å². The number of fused-ring (bicyclic) bond motifs is 1. The molecule has 7 heteroatoms. The quantitative estimate of drug-likeness (QED) is 0.581. The van der Waals surface area contributed by atoms with Gasteiger partial charge >= 0.3 is 11.9 Å². The van der Waals surface area contributed by atoms with Crippen molar-refractivity contribution in [2.75, 3.05) is 6.16 Å². The third-order valence-electron chi connectivity index (χ3n) is 4.08. The number of benzene rings is 2. The van der Waals surface area contributed by atoms with Crippen LogP contribution in [0.1, 0.15) is 39.5 Å². The smallest absolute Gasteiger partial charge is 0.303 e. The van der Waals surface area contributed by atoms with Crippen LogP contribution in [-0.2, 0) is 14.2 Å². The molecule has 0 bridgehead atoms. The summed E-state index contributed by atoms with van der Waals surface area (Å²) in [5.74, 6) is -3.27. The summed E-state index contributed by atoms with van der Waals surface area (Å²) in [6, 6.07) is 12.1. The first-order chi connectivity index (χ1) is 12.7. The second-order valence-corrected chi connectivity index (χ2v) is 8.69. The van der Waals surface area contributed by atoms with E-state index < -0.39 is 38.1 Å². The Labute approximate surface area is 159 Å². The molecule has 0 aliphatic rings. The second kappa shape index (κ2) is 10.9. The zero-order valence-electron chi connectivity index (χ0n) is 15.7. The lowest BCUT2D eigenvalue weighted by atomic mass is 10.0. The summed E-state index contributed by atoms with van der Waals surface area (Å²) in [6.45, 7) is 4.36. The molecule has 1 unspecified atom stereocenters. The molecule has 0 radical (unpaired) electrons. The van der Waals surface area contributed by atoms with Crippen LogP contribution in [0.5, 0.6) is 0 Å². The molecule has 2 aromatic rings. The Morgan fingerprint density at radius 2 is 1.44 bits per heavy atom. The third-order valence-corrected chi connectivity index (χ3v) is 6.23. The van der Waals surface area contributed by atoms with Crippen LogP contribution in [0, 0.1) is 5.92 Å². The van der Waals surface area contributed by atoms with Gasteiger partial charge in [-0.25, -0.2) is 0 Å². The molecule has 27 heavy (non-hydrogen) atoms. The topological polar surface area (TPSA) is 112 Å². The number of unbranched alkanes of at least 4 members (excludes halogenated alkanes) is 1. The van der Waals surface area contributed by atoms with Gasteiger partial charge in [0.1, 0.15) is 0 Å². The predicted molar refractivity (Wildman–Crippen MR) is 107 cm³/mol. The molecular weight excluding hydrogens is 367 g/mol. The van der Waals surface area contributed by atoms with E-state index in [0.29, 0.717) is 5.39 Å². The van der Waals surface area contributed by atoms with E-state index in [4.69, 9.17) is 10.2 Å². The molecular formula is C20H27O6P. The van der Waals surface area contributed by atoms with Crippen molar-refractivity contribution in [2.24, 2.45) is 5.92 Å². The van der Waals surface area contributed by atoms with Crippen molar-refractivity contribution >= 4 is 35.4 Å². The number of carboxylic acid groups (broad SMARTS) is 2. The van der Waals surface area contributed by atoms with E-state index in [2.05, 4.69) is 13.8 Å². The van der Waals surface area contributed by atoms with Crippen LogP contribution in [0.3, 0.4) is 0 Å². The zero-order valence-corrected chi connectivity index (χ0v) is 16.6. The monoisotopic (exact) mass is 394 g/mol. The van der Waals surface area contributed by atoms with Crippen molar-refractivity contribution in [2.45, 2.75) is 39.5 Å². The summed E-state index contributed by atoms with van der Waals surface area (Å²) in [5, 5.41) is 19.4. The van der Waals surface area contributed by atoms with E-state index in [1.807, 2.05) is 18.2 Å². The molecule has 3 N–H and O–H groups in total. The fourth-order valence-corrected chi connectivity index (χ4v) is 4.71. The molecule has 0 aromatic heterocycles. The summed E-state index contributed by atoms with van der Waals surface area (Å²) in [7, 11) is -3.89. The van der Waals surface area contributed by atoms with Crippen molar-refractivity contribution in [3.63, 3.8) is 0 Å². The Hall–Kier alpha value is -2.17. The summed E-state index contributed by atoms with van der Waals surface area (Å²) in [4.78, 5) is 32.2. The number of hydrogen-bond donors (Lipinski definition) is 3. The number of carbonyl (C=O) groups is 2. The lowest BCUT2D eigenvalue weighted by Crippen LogP contribution is -2.20. The highest BCUT2D eigenvalue weighted by molar-refractivity contribution is 7.66. The molecule has 6 nitrogen and oxygen atoms in total. The number of hydrogen-bond acceptors (Lipinski definition) is 3. The van der Waals surface area contributed by atoms with Crippen molar-refractivity contribution in [3.05, 3.63) is 42.5 Å². The minimum absolute atomic E-state index is 0.233. The first-order valence-corrected chi connectivity index (χ1v) is 10.8. The highest BCUT2D eigenvalue weighted by atomic mass is 31.2. The molecule has 2 rings (SSSR count). The maximum atomic E-state index is 12.8. The van der Waals surface area contributed by atoms with Crippen molar-refractivity contribution in [1.29, 1.82) is 0 Å². The molecule has 148 valence electrons. The molecule has 0 fully saturated rings. The zero-order chi connectivity index (χ0) is 20.4. The molecule has 0 aliphatic carbocycles. The van der Waals surface area contributed by atoms with E-state index in [1.54, 1.807) is 18.2 Å². The molecule has 0 aliphatic heterocycles. The third kappa shape index (κ3) is 7.53. The van der Waals surface area contributed by atoms with E-state index >= 15 is 0 Å². The molecule has 0 heterocycles. The highest BCUT2D eigenvalue weighted by Gasteiger charge is 2.30. The van der Waals surface area contributed by atoms with Crippen molar-refractivity contribution in [1.82, 2.24) is 0 Å². The average Bonchev–Trinajstić information content (AvgIpc) is 2.59. The molecule has 0 amide bonds. The number of aliphatic carboxylic acids is 2. The fraction of sp³-hybridized carbons (Fsp3) is 0.400. The van der Waals surface area contributed by atoms with Gasteiger partial charge in [0.15, 0.2) is 0 Å². The predicted octanol–water partition coefficient (Wildman–Crippen LogP) is 4.11. The Kier molecular flexibility index (Phi) is 9.19. The molecule has 1 atom stereocenters. The second-order valence-electron chi connectivity index (χ2n) is 6.44. The van der Waals surface area contributed by atoms with Crippen LogP contribution in [0.2, 0.25) is 0 Å². The van der Waals surface area contributed by atoms with Crippen LogP contribution >= 0.6 is 7.37 Å². The lowest BCUT2D eigenvalue weighted by molar-refractivity contribution is -0.140. The van der Waals surface area contributed by atoms with Gasteiger partial charge in [-0.2, -0.15) is 0 Å². The number of rotatable bonds is 8. The van der Waals surface area contributed by atoms with Gasteiger partial charge in [0.25, 0.3) is 0 Å². The van der Waals surface area contributed by atoms with Gasteiger partial charge in [-0.05, 0) is 22.8 Å². The number of carboxylic acids is 2. The largest absolute Gasteiger partial charge is 0.481 e. The SMILES string of the molecule is CCCC.O=C(O)CC(CC(=O)O)CP(=O)(O)c1cccc2ccccc12. The van der Waals surface area contributed by atoms with Crippen LogP contribution in [0.15, 0.2) is 42.5 Å². The van der Waals surface area contributed by atoms with Gasteiger partial charge in [0.2, 0.25) is 7.37 Å². The minimum atomic E-state index is -3.89. The van der Waals surface area contributed by atoms with Crippen LogP contribution in [0.25, 0.3) is 10.8 Å². The van der Waals surface area contributed by atoms with Crippen LogP contribution in [0.4, 0.5) is 0 Å². The van der Waals surface area contributed by atoms with E-state index in [0.717, 1.165) is 5.39 Å². The van der Waals surface area contributed by atoms with Crippen molar-refractivity contribution in [3.8, 4) is 0 Å². The molecule has 2 aromatic carbocycles. The first kappa shape index (κ1) is 22.9. The maximum Gasteiger partial charge on any atom is 0.303 e. The Balaban J connectivity index is 0.000000828. The Morgan fingerprint density at radius 3 is 1.96 bits per heavy atom. The van der Waals surface area contributed by atoms with Crippen LogP contribution < -0.4 is 5.30 Å². The maximum absolute atomic E-state index is 12.8. The van der Waals surface area contributed by atoms with Gasteiger partial charge < -0.3 is 15.1 Å². The normalized spacial score (nSPS) is 12.9. The van der Waals surface area contributed by atoms with Gasteiger partial charge in [0, 0.05) is 24.3 Å². The lowest BCUT2D eigenvalue weighted by Gasteiger charge is -2.19. The van der Waals surface area contributed by atoms with Gasteiger partial charge in [-0.15, -0.1) is 0 Å². The summed E-state index contributed by atoms with van der Waals surface area (Å²) in [6.07, 6.45) is 1.35. The van der Waals surface area contributed by atoms with Crippen LogP contribution in [-0.4, -0.2) is 33.2 Å². The fourth-order valence-electron chi connectivity index (χ4n) is 2.66. The molecule has 0 spiro atoms. The van der Waals surface area contributed by atoms with E-state index in [1.165, 1.54) is 18.9 Å². The Morgan fingerprint density at radius 1 is 0.926 bits per heavy atom.